The minimum atomic E-state index is -1.59. The molecule has 0 bridgehead atoms. The second-order valence-corrected chi connectivity index (χ2v) is 11.8. The predicted octanol–water partition coefficient (Wildman–Crippen LogP) is 3.80. The number of benzene rings is 1. The fraction of sp³-hybridized carbons (Fsp3) is 0.467. The monoisotopic (exact) mass is 260 g/mol. The maximum atomic E-state index is 12.7. The van der Waals surface area contributed by atoms with E-state index in [4.69, 9.17) is 0 Å². The fourth-order valence-electron chi connectivity index (χ4n) is 2.68. The van der Waals surface area contributed by atoms with E-state index in [1.165, 1.54) is 0 Å². The van der Waals surface area contributed by atoms with E-state index in [1.807, 2.05) is 19.1 Å². The van der Waals surface area contributed by atoms with Crippen LogP contribution in [0.4, 0.5) is 0 Å². The molecule has 2 atom stereocenters. The molecule has 0 aromatic heterocycles. The molecule has 0 heterocycles. The Morgan fingerprint density at radius 3 is 2.00 bits per heavy atom. The van der Waals surface area contributed by atoms with Crippen LogP contribution >= 0.6 is 0 Å². The number of fused-ring (bicyclic) bond motifs is 1. The van der Waals surface area contributed by atoms with Crippen LogP contribution < -0.4 is 0 Å². The summed E-state index contributed by atoms with van der Waals surface area (Å²) in [6.07, 6.45) is 0.710. The third-order valence-electron chi connectivity index (χ3n) is 3.86. The third kappa shape index (κ3) is 2.19. The molecular formula is C15H20O2Si. The van der Waals surface area contributed by atoms with E-state index in [0.717, 1.165) is 0 Å². The number of carbonyl (C=O) groups excluding carboxylic acids is 2. The lowest BCUT2D eigenvalue weighted by Crippen LogP contribution is -2.34. The van der Waals surface area contributed by atoms with Crippen LogP contribution in [0.5, 0.6) is 0 Å². The van der Waals surface area contributed by atoms with E-state index in [0.29, 0.717) is 17.5 Å². The molecule has 18 heavy (non-hydrogen) atoms. The molecule has 1 aromatic carbocycles. The zero-order valence-electron chi connectivity index (χ0n) is 11.5. The summed E-state index contributed by atoms with van der Waals surface area (Å²) in [5, 5.41) is 0. The van der Waals surface area contributed by atoms with E-state index in [-0.39, 0.29) is 23.0 Å². The standard InChI is InChI=1S/C15H20O2Si/c1-10-9-13(18(2,3)4)15(17)12-8-6-5-7-11(12)14(10)16/h5-8,10,13H,9H2,1-4H3. The maximum absolute atomic E-state index is 12.7. The van der Waals surface area contributed by atoms with Gasteiger partial charge in [-0.1, -0.05) is 50.8 Å². The molecule has 1 aromatic rings. The maximum Gasteiger partial charge on any atom is 0.166 e. The second kappa shape index (κ2) is 4.46. The zero-order valence-corrected chi connectivity index (χ0v) is 12.5. The normalized spacial score (nSPS) is 24.7. The van der Waals surface area contributed by atoms with Crippen molar-refractivity contribution in [2.45, 2.75) is 38.5 Å². The van der Waals surface area contributed by atoms with Crippen molar-refractivity contribution in [3.05, 3.63) is 35.4 Å². The van der Waals surface area contributed by atoms with E-state index >= 15 is 0 Å². The van der Waals surface area contributed by atoms with Gasteiger partial charge >= 0.3 is 0 Å². The Balaban J connectivity index is 2.57. The highest BCUT2D eigenvalue weighted by molar-refractivity contribution is 6.81. The number of hydrogen-bond donors (Lipinski definition) is 0. The van der Waals surface area contributed by atoms with Gasteiger partial charge in [0.1, 0.15) is 0 Å². The summed E-state index contributed by atoms with van der Waals surface area (Å²) in [5.74, 6) is 0.261. The van der Waals surface area contributed by atoms with E-state index in [9.17, 15) is 9.59 Å². The molecule has 1 aliphatic carbocycles. The Kier molecular flexibility index (Phi) is 3.28. The topological polar surface area (TPSA) is 34.1 Å². The van der Waals surface area contributed by atoms with Crippen molar-refractivity contribution in [2.24, 2.45) is 5.92 Å². The summed E-state index contributed by atoms with van der Waals surface area (Å²) >= 11 is 0. The van der Waals surface area contributed by atoms with Crippen molar-refractivity contribution >= 4 is 19.6 Å². The lowest BCUT2D eigenvalue weighted by Gasteiger charge is -2.27. The molecule has 2 unspecified atom stereocenters. The number of ketones is 2. The fourth-order valence-corrected chi connectivity index (χ4v) is 4.68. The Hall–Kier alpha value is -1.22. The molecule has 0 saturated carbocycles. The molecule has 0 spiro atoms. The molecule has 0 radical (unpaired) electrons. The SMILES string of the molecule is CC1CC([Si](C)(C)C)C(=O)c2ccccc2C1=O. The molecule has 0 aliphatic heterocycles. The quantitative estimate of drug-likeness (QED) is 0.568. The molecule has 2 nitrogen and oxygen atoms in total. The summed E-state index contributed by atoms with van der Waals surface area (Å²) in [7, 11) is -1.59. The Bertz CT molecular complexity index is 499. The zero-order chi connectivity index (χ0) is 13.5. The molecule has 96 valence electrons. The lowest BCUT2D eigenvalue weighted by molar-refractivity contribution is 0.0925. The molecule has 3 heteroatoms. The van der Waals surface area contributed by atoms with Gasteiger partial charge in [0.05, 0.1) is 8.07 Å². The Morgan fingerprint density at radius 2 is 1.50 bits per heavy atom. The average Bonchev–Trinajstić information content (AvgIpc) is 2.40. The van der Waals surface area contributed by atoms with Gasteiger partial charge in [-0.3, -0.25) is 9.59 Å². The smallest absolute Gasteiger partial charge is 0.166 e. The van der Waals surface area contributed by atoms with Crippen molar-refractivity contribution in [2.75, 3.05) is 0 Å². The second-order valence-electron chi connectivity index (χ2n) is 6.33. The van der Waals surface area contributed by atoms with E-state index in [2.05, 4.69) is 19.6 Å². The van der Waals surface area contributed by atoms with Gasteiger partial charge < -0.3 is 0 Å². The first-order valence-electron chi connectivity index (χ1n) is 6.50. The number of carbonyl (C=O) groups is 2. The van der Waals surface area contributed by atoms with Crippen LogP contribution in [-0.4, -0.2) is 19.6 Å². The minimum absolute atomic E-state index is 0.0469. The highest BCUT2D eigenvalue weighted by atomic mass is 28.3. The van der Waals surface area contributed by atoms with Crippen molar-refractivity contribution < 1.29 is 9.59 Å². The van der Waals surface area contributed by atoms with Crippen LogP contribution in [-0.2, 0) is 0 Å². The molecule has 0 amide bonds. The summed E-state index contributed by atoms with van der Waals surface area (Å²) < 4.78 is 0. The first-order chi connectivity index (χ1) is 8.32. The summed E-state index contributed by atoms with van der Waals surface area (Å²) in [4.78, 5) is 25.0. The van der Waals surface area contributed by atoms with Gasteiger partial charge in [0, 0.05) is 22.6 Å². The van der Waals surface area contributed by atoms with Gasteiger partial charge in [-0.2, -0.15) is 0 Å². The Morgan fingerprint density at radius 1 is 1.00 bits per heavy atom. The van der Waals surface area contributed by atoms with Crippen LogP contribution in [0.2, 0.25) is 25.2 Å². The molecule has 2 rings (SSSR count). The first-order valence-corrected chi connectivity index (χ1v) is 10.1. The van der Waals surface area contributed by atoms with Gasteiger partial charge in [-0.15, -0.1) is 0 Å². The van der Waals surface area contributed by atoms with Crippen molar-refractivity contribution in [1.29, 1.82) is 0 Å². The van der Waals surface area contributed by atoms with E-state index in [1.54, 1.807) is 12.1 Å². The summed E-state index contributed by atoms with van der Waals surface area (Å²) in [6, 6.07) is 7.28. The molecule has 0 N–H and O–H groups in total. The van der Waals surface area contributed by atoms with E-state index < -0.39 is 8.07 Å². The third-order valence-corrected chi connectivity index (χ3v) is 6.45. The largest absolute Gasteiger partial charge is 0.294 e. The van der Waals surface area contributed by atoms with Crippen LogP contribution in [0.1, 0.15) is 34.1 Å². The Labute approximate surface area is 109 Å². The number of rotatable bonds is 1. The highest BCUT2D eigenvalue weighted by Gasteiger charge is 2.39. The molecule has 1 aliphatic rings. The highest BCUT2D eigenvalue weighted by Crippen LogP contribution is 2.37. The number of hydrogen-bond acceptors (Lipinski definition) is 2. The van der Waals surface area contributed by atoms with Crippen LogP contribution in [0.15, 0.2) is 24.3 Å². The minimum Gasteiger partial charge on any atom is -0.294 e. The summed E-state index contributed by atoms with van der Waals surface area (Å²) in [5.41, 5.74) is 1.31. The van der Waals surface area contributed by atoms with Crippen LogP contribution in [0.25, 0.3) is 0 Å². The molecule has 0 fully saturated rings. The first kappa shape index (κ1) is 13.2. The molecule has 0 saturated heterocycles. The molecular weight excluding hydrogens is 240 g/mol. The van der Waals surface area contributed by atoms with Gasteiger partial charge in [0.25, 0.3) is 0 Å². The van der Waals surface area contributed by atoms with Gasteiger partial charge in [-0.05, 0) is 6.42 Å². The summed E-state index contributed by atoms with van der Waals surface area (Å²) in [6.45, 7) is 8.58. The van der Waals surface area contributed by atoms with Crippen molar-refractivity contribution in [3.8, 4) is 0 Å². The predicted molar refractivity (Wildman–Crippen MR) is 76.0 cm³/mol. The van der Waals surface area contributed by atoms with Crippen LogP contribution in [0, 0.1) is 5.92 Å². The van der Waals surface area contributed by atoms with Crippen molar-refractivity contribution in [1.82, 2.24) is 0 Å². The van der Waals surface area contributed by atoms with Gasteiger partial charge in [0.15, 0.2) is 11.6 Å². The van der Waals surface area contributed by atoms with Gasteiger partial charge in [0.2, 0.25) is 0 Å². The van der Waals surface area contributed by atoms with Crippen LogP contribution in [0.3, 0.4) is 0 Å². The van der Waals surface area contributed by atoms with Crippen molar-refractivity contribution in [3.63, 3.8) is 0 Å². The number of Topliss-reactive ketones (excluding diaryl/α,β-unsaturated/α-hetero) is 2. The lowest BCUT2D eigenvalue weighted by atomic mass is 9.97. The van der Waals surface area contributed by atoms with Gasteiger partial charge in [-0.25, -0.2) is 0 Å². The average molecular weight is 260 g/mol.